The number of halogens is 4. The summed E-state index contributed by atoms with van der Waals surface area (Å²) in [7, 11) is 0. The molecule has 0 amide bonds. The molecule has 0 fully saturated rings. The van der Waals surface area contributed by atoms with Crippen molar-refractivity contribution in [3.05, 3.63) is 52.3 Å². The molecule has 1 rings (SSSR count). The third-order valence-electron chi connectivity index (χ3n) is 2.17. The van der Waals surface area contributed by atoms with Crippen LogP contribution in [0.25, 0.3) is 4.98 Å². The first-order valence-electron chi connectivity index (χ1n) is 4.88. The van der Waals surface area contributed by atoms with Gasteiger partial charge >= 0.3 is 12.4 Å². The first kappa shape index (κ1) is 14.5. The summed E-state index contributed by atoms with van der Waals surface area (Å²) >= 11 is 3.17. The average molecular weight is 322 g/mol. The standard InChI is InChI=1S/C11H8BrF3N2O/c12-10(5-9(18)6-17-16)7-2-1-3-8(4-7)11(13,14)15/h1-4,6,10H,5H2/p+1/b9-6+. The number of aliphatic hydroxyl groups excluding tert-OH is 1. The molecule has 0 radical (unpaired) electrons. The van der Waals surface area contributed by atoms with Gasteiger partial charge < -0.3 is 5.11 Å². The van der Waals surface area contributed by atoms with E-state index >= 15 is 0 Å². The second-order valence-electron chi connectivity index (χ2n) is 3.53. The fraction of sp³-hybridized carbons (Fsp3) is 0.273. The zero-order chi connectivity index (χ0) is 13.8. The Morgan fingerprint density at radius 1 is 1.50 bits per heavy atom. The highest BCUT2D eigenvalue weighted by Gasteiger charge is 2.30. The molecule has 0 spiro atoms. The largest absolute Gasteiger partial charge is 0.505 e. The van der Waals surface area contributed by atoms with E-state index in [0.29, 0.717) is 5.56 Å². The number of hydrogen-bond acceptors (Lipinski definition) is 2. The predicted octanol–water partition coefficient (Wildman–Crippen LogP) is 4.78. The van der Waals surface area contributed by atoms with Crippen LogP contribution in [0.4, 0.5) is 13.2 Å². The van der Waals surface area contributed by atoms with Crippen LogP contribution >= 0.6 is 15.9 Å². The fourth-order valence-electron chi connectivity index (χ4n) is 1.33. The van der Waals surface area contributed by atoms with E-state index in [0.717, 1.165) is 18.3 Å². The molecule has 18 heavy (non-hydrogen) atoms. The van der Waals surface area contributed by atoms with Crippen LogP contribution in [0.3, 0.4) is 0 Å². The van der Waals surface area contributed by atoms with Crippen molar-refractivity contribution in [3.8, 4) is 0 Å². The zero-order valence-electron chi connectivity index (χ0n) is 9.02. The summed E-state index contributed by atoms with van der Waals surface area (Å²) in [5.74, 6) is -0.239. The molecule has 1 atom stereocenters. The molecule has 0 saturated heterocycles. The van der Waals surface area contributed by atoms with Crippen LogP contribution in [-0.2, 0) is 6.18 Å². The summed E-state index contributed by atoms with van der Waals surface area (Å²) in [4.78, 5) is 2.12. The summed E-state index contributed by atoms with van der Waals surface area (Å²) in [6.45, 7) is 0. The first-order chi connectivity index (χ1) is 8.34. The molecule has 1 unspecified atom stereocenters. The second kappa shape index (κ2) is 5.87. The zero-order valence-corrected chi connectivity index (χ0v) is 10.6. The first-order valence-corrected chi connectivity index (χ1v) is 5.79. The molecule has 0 bridgehead atoms. The number of hydrogen-bond donors (Lipinski definition) is 1. The summed E-state index contributed by atoms with van der Waals surface area (Å²) in [6, 6.07) is 4.78. The Morgan fingerprint density at radius 3 is 2.72 bits per heavy atom. The molecule has 7 heteroatoms. The molecule has 0 aliphatic heterocycles. The number of nitrogens with zero attached hydrogens (tertiary/aromatic N) is 2. The lowest BCUT2D eigenvalue weighted by Crippen LogP contribution is -2.05. The Bertz CT molecular complexity index is 494. The van der Waals surface area contributed by atoms with E-state index in [9.17, 15) is 18.3 Å². The van der Waals surface area contributed by atoms with Gasteiger partial charge in [-0.1, -0.05) is 34.1 Å². The van der Waals surface area contributed by atoms with Crippen molar-refractivity contribution in [3.63, 3.8) is 0 Å². The van der Waals surface area contributed by atoms with Gasteiger partial charge in [0, 0.05) is 11.2 Å². The number of benzene rings is 1. The topological polar surface area (TPSA) is 48.4 Å². The number of rotatable bonds is 3. The van der Waals surface area contributed by atoms with Crippen LogP contribution in [0, 0.1) is 5.39 Å². The molecule has 0 aliphatic carbocycles. The summed E-state index contributed by atoms with van der Waals surface area (Å²) in [6.07, 6.45) is -3.56. The maximum atomic E-state index is 12.5. The van der Waals surface area contributed by atoms with Gasteiger partial charge in [0.1, 0.15) is 0 Å². The number of aliphatic hydroxyl groups is 1. The van der Waals surface area contributed by atoms with E-state index in [2.05, 4.69) is 20.9 Å². The van der Waals surface area contributed by atoms with E-state index in [-0.39, 0.29) is 12.2 Å². The minimum Gasteiger partial charge on any atom is -0.505 e. The normalized spacial score (nSPS) is 14.1. The molecule has 96 valence electrons. The number of diazo groups is 1. The lowest BCUT2D eigenvalue weighted by Gasteiger charge is -2.12. The third-order valence-corrected chi connectivity index (χ3v) is 3.02. The Balaban J connectivity index is 2.91. The fourth-order valence-corrected chi connectivity index (χ4v) is 1.95. The van der Waals surface area contributed by atoms with Gasteiger partial charge in [-0.15, -0.1) is 0 Å². The van der Waals surface area contributed by atoms with Gasteiger partial charge in [0.2, 0.25) is 5.39 Å². The monoisotopic (exact) mass is 321 g/mol. The summed E-state index contributed by atoms with van der Waals surface area (Å²) < 4.78 is 37.5. The molecule has 1 aromatic rings. The van der Waals surface area contributed by atoms with Crippen LogP contribution in [0.2, 0.25) is 0 Å². The molecule has 0 aliphatic rings. The van der Waals surface area contributed by atoms with Gasteiger partial charge in [-0.25, -0.2) is 0 Å². The van der Waals surface area contributed by atoms with Crippen LogP contribution in [0.5, 0.6) is 0 Å². The quantitative estimate of drug-likeness (QED) is 0.494. The van der Waals surface area contributed by atoms with E-state index in [1.807, 2.05) is 0 Å². The summed E-state index contributed by atoms with van der Waals surface area (Å²) in [5, 5.41) is 17.5. The lowest BCUT2D eigenvalue weighted by atomic mass is 10.1. The smallest absolute Gasteiger partial charge is 0.416 e. The highest BCUT2D eigenvalue weighted by atomic mass is 79.9. The van der Waals surface area contributed by atoms with Gasteiger partial charge in [-0.2, -0.15) is 13.2 Å². The summed E-state index contributed by atoms with van der Waals surface area (Å²) in [5.41, 5.74) is -0.373. The maximum Gasteiger partial charge on any atom is 0.416 e. The van der Waals surface area contributed by atoms with Gasteiger partial charge in [0.15, 0.2) is 10.7 Å². The molecule has 1 N–H and O–H groups in total. The average Bonchev–Trinajstić information content (AvgIpc) is 2.28. The molecular weight excluding hydrogens is 313 g/mol. The van der Waals surface area contributed by atoms with Gasteiger partial charge in [0.25, 0.3) is 0 Å². The highest BCUT2D eigenvalue weighted by molar-refractivity contribution is 9.09. The van der Waals surface area contributed by atoms with Crippen LogP contribution in [0.1, 0.15) is 22.4 Å². The molecule has 0 aromatic heterocycles. The van der Waals surface area contributed by atoms with Crippen molar-refractivity contribution < 1.29 is 18.3 Å². The van der Waals surface area contributed by atoms with Crippen molar-refractivity contribution >= 4 is 15.9 Å². The Hall–Kier alpha value is -1.55. The second-order valence-corrected chi connectivity index (χ2v) is 4.64. The van der Waals surface area contributed by atoms with Crippen molar-refractivity contribution in [1.82, 2.24) is 0 Å². The van der Waals surface area contributed by atoms with Crippen molar-refractivity contribution in [2.75, 3.05) is 0 Å². The minimum atomic E-state index is -4.40. The van der Waals surface area contributed by atoms with Crippen LogP contribution < -0.4 is 0 Å². The van der Waals surface area contributed by atoms with E-state index in [1.165, 1.54) is 12.1 Å². The predicted molar refractivity (Wildman–Crippen MR) is 63.5 cm³/mol. The Morgan fingerprint density at radius 2 is 2.17 bits per heavy atom. The number of alkyl halides is 4. The van der Waals surface area contributed by atoms with E-state index in [1.54, 1.807) is 0 Å². The van der Waals surface area contributed by atoms with Crippen molar-refractivity contribution in [1.29, 1.82) is 5.39 Å². The minimum absolute atomic E-state index is 0.0192. The van der Waals surface area contributed by atoms with Crippen molar-refractivity contribution in [2.45, 2.75) is 17.4 Å². The SMILES string of the molecule is N#[N+]/C=C(/O)CC(Br)c1cccc(C(F)(F)F)c1. The van der Waals surface area contributed by atoms with Gasteiger partial charge in [-0.3, -0.25) is 0 Å². The molecule has 3 nitrogen and oxygen atoms in total. The molecule has 0 heterocycles. The molecular formula is C11H9BrF3N2O+. The van der Waals surface area contributed by atoms with E-state index in [4.69, 9.17) is 5.39 Å². The molecule has 0 saturated carbocycles. The highest BCUT2D eigenvalue weighted by Crippen LogP contribution is 2.34. The Labute approximate surface area is 110 Å². The number of allylic oxidation sites excluding steroid dienone is 1. The lowest BCUT2D eigenvalue weighted by molar-refractivity contribution is -0.137. The van der Waals surface area contributed by atoms with Gasteiger partial charge in [-0.05, 0) is 11.6 Å². The Kier molecular flexibility index (Phi) is 4.73. The van der Waals surface area contributed by atoms with E-state index < -0.39 is 16.6 Å². The van der Waals surface area contributed by atoms with Gasteiger partial charge in [0.05, 0.1) is 5.56 Å². The van der Waals surface area contributed by atoms with Crippen LogP contribution in [-0.4, -0.2) is 5.11 Å². The molecule has 1 aromatic carbocycles. The van der Waals surface area contributed by atoms with Crippen LogP contribution in [0.15, 0.2) is 36.2 Å². The van der Waals surface area contributed by atoms with Crippen molar-refractivity contribution in [2.24, 2.45) is 0 Å². The maximum absolute atomic E-state index is 12.5. The third kappa shape index (κ3) is 4.04.